The highest BCUT2D eigenvalue weighted by atomic mass is 31.1. The van der Waals surface area contributed by atoms with Gasteiger partial charge in [0.05, 0.1) is 0 Å². The van der Waals surface area contributed by atoms with E-state index in [2.05, 4.69) is 9.97 Å². The Hall–Kier alpha value is -3.38. The van der Waals surface area contributed by atoms with Crippen LogP contribution < -0.4 is 0 Å². The van der Waals surface area contributed by atoms with Gasteiger partial charge in [0.25, 0.3) is 0 Å². The van der Waals surface area contributed by atoms with E-state index in [0.29, 0.717) is 10.8 Å². The van der Waals surface area contributed by atoms with E-state index in [0.717, 1.165) is 10.8 Å². The van der Waals surface area contributed by atoms with E-state index in [9.17, 15) is 14.2 Å². The third-order valence-electron chi connectivity index (χ3n) is 4.48. The van der Waals surface area contributed by atoms with Crippen LogP contribution in [0.3, 0.4) is 0 Å². The highest BCUT2D eigenvalue weighted by Gasteiger charge is 2.26. The van der Waals surface area contributed by atoms with Crippen molar-refractivity contribution in [2.45, 2.75) is 0 Å². The number of hydrogen-bond acceptors (Lipinski definition) is 7. The minimum atomic E-state index is -2.66. The van der Waals surface area contributed by atoms with Crippen molar-refractivity contribution in [1.29, 1.82) is 0 Å². The minimum Gasteiger partial charge on any atom is -0.290 e. The summed E-state index contributed by atoms with van der Waals surface area (Å²) in [5.41, 5.74) is 0.458. The molecule has 7 nitrogen and oxygen atoms in total. The summed E-state index contributed by atoms with van der Waals surface area (Å²) >= 11 is 0. The zero-order valence-corrected chi connectivity index (χ0v) is 16.6. The van der Waals surface area contributed by atoms with Crippen molar-refractivity contribution < 1.29 is 23.2 Å². The SMILES string of the molecule is O=C(CO[P+](=O)OCC(=O)c1nccc2ccccc12)c1nccc2ccccc12. The second kappa shape index (κ2) is 8.97. The number of pyridine rings is 2. The Morgan fingerprint density at radius 1 is 0.700 bits per heavy atom. The van der Waals surface area contributed by atoms with Gasteiger partial charge in [-0.25, -0.2) is 0 Å². The molecule has 148 valence electrons. The van der Waals surface area contributed by atoms with Crippen LogP contribution in [0, 0.1) is 0 Å². The molecule has 2 aromatic heterocycles. The van der Waals surface area contributed by atoms with Gasteiger partial charge in [0.15, 0.2) is 13.2 Å². The fourth-order valence-corrected chi connectivity index (χ4v) is 3.60. The molecular formula is C22H16N2O5P+. The van der Waals surface area contributed by atoms with Gasteiger partial charge in [0, 0.05) is 27.7 Å². The van der Waals surface area contributed by atoms with Crippen LogP contribution in [0.4, 0.5) is 0 Å². The lowest BCUT2D eigenvalue weighted by Crippen LogP contribution is -2.11. The van der Waals surface area contributed by atoms with E-state index in [1.807, 2.05) is 24.3 Å². The predicted molar refractivity (Wildman–Crippen MR) is 112 cm³/mol. The van der Waals surface area contributed by atoms with E-state index in [1.165, 1.54) is 12.4 Å². The first-order valence-corrected chi connectivity index (χ1v) is 10.2. The summed E-state index contributed by atoms with van der Waals surface area (Å²) < 4.78 is 22.0. The zero-order valence-electron chi connectivity index (χ0n) is 15.7. The lowest BCUT2D eigenvalue weighted by Gasteiger charge is -2.03. The molecule has 0 aliphatic heterocycles. The third-order valence-corrected chi connectivity index (χ3v) is 5.16. The Morgan fingerprint density at radius 3 is 1.60 bits per heavy atom. The Bertz CT molecular complexity index is 1170. The number of rotatable bonds is 8. The molecule has 0 saturated heterocycles. The summed E-state index contributed by atoms with van der Waals surface area (Å²) in [6.45, 7) is -0.951. The van der Waals surface area contributed by atoms with Crippen LogP contribution in [0.2, 0.25) is 0 Å². The Kier molecular flexibility index (Phi) is 5.95. The molecule has 0 atom stereocenters. The summed E-state index contributed by atoms with van der Waals surface area (Å²) in [6, 6.07) is 18.2. The fraction of sp³-hybridized carbons (Fsp3) is 0.0909. The average Bonchev–Trinajstić information content (AvgIpc) is 2.80. The molecule has 0 amide bonds. The molecular weight excluding hydrogens is 403 g/mol. The van der Waals surface area contributed by atoms with Crippen molar-refractivity contribution >= 4 is 41.4 Å². The normalized spacial score (nSPS) is 10.9. The van der Waals surface area contributed by atoms with Crippen molar-refractivity contribution in [3.8, 4) is 0 Å². The predicted octanol–water partition coefficient (Wildman–Crippen LogP) is 4.54. The molecule has 4 aromatic rings. The first kappa shape index (κ1) is 19.9. The van der Waals surface area contributed by atoms with Crippen LogP contribution in [-0.4, -0.2) is 34.7 Å². The molecule has 0 radical (unpaired) electrons. The second-order valence-electron chi connectivity index (χ2n) is 6.38. The minimum absolute atomic E-state index is 0.229. The van der Waals surface area contributed by atoms with Gasteiger partial charge in [-0.1, -0.05) is 48.5 Å². The third kappa shape index (κ3) is 4.28. The molecule has 4 rings (SSSR count). The molecule has 0 spiro atoms. The van der Waals surface area contributed by atoms with Crippen molar-refractivity contribution in [3.63, 3.8) is 0 Å². The largest absolute Gasteiger partial charge is 0.698 e. The van der Waals surface area contributed by atoms with Gasteiger partial charge < -0.3 is 0 Å². The maximum Gasteiger partial charge on any atom is 0.698 e. The first-order chi connectivity index (χ1) is 14.6. The molecule has 0 N–H and O–H groups in total. The van der Waals surface area contributed by atoms with Crippen LogP contribution >= 0.6 is 8.25 Å². The monoisotopic (exact) mass is 419 g/mol. The molecule has 0 aliphatic carbocycles. The topological polar surface area (TPSA) is 95.5 Å². The van der Waals surface area contributed by atoms with E-state index in [1.54, 1.807) is 36.4 Å². The summed E-state index contributed by atoms with van der Waals surface area (Å²) in [5.74, 6) is -0.860. The van der Waals surface area contributed by atoms with Gasteiger partial charge in [-0.3, -0.25) is 19.6 Å². The van der Waals surface area contributed by atoms with Gasteiger partial charge in [0.2, 0.25) is 11.6 Å². The van der Waals surface area contributed by atoms with Crippen molar-refractivity contribution in [2.24, 2.45) is 0 Å². The lowest BCUT2D eigenvalue weighted by atomic mass is 10.1. The molecule has 30 heavy (non-hydrogen) atoms. The Labute approximate surface area is 172 Å². The Morgan fingerprint density at radius 2 is 1.13 bits per heavy atom. The number of carbonyl (C=O) groups excluding carboxylic acids is 2. The number of hydrogen-bond donors (Lipinski definition) is 0. The molecule has 0 aliphatic rings. The molecule has 2 aromatic carbocycles. The van der Waals surface area contributed by atoms with Crippen LogP contribution in [0.5, 0.6) is 0 Å². The van der Waals surface area contributed by atoms with Crippen molar-refractivity contribution in [2.75, 3.05) is 13.2 Å². The molecule has 2 heterocycles. The van der Waals surface area contributed by atoms with E-state index in [4.69, 9.17) is 9.05 Å². The number of carbonyl (C=O) groups is 2. The number of nitrogens with zero attached hydrogens (tertiary/aromatic N) is 2. The number of fused-ring (bicyclic) bond motifs is 2. The number of Topliss-reactive ketones (excluding diaryl/α,β-unsaturated/α-hetero) is 2. The number of aromatic nitrogens is 2. The molecule has 0 saturated carbocycles. The van der Waals surface area contributed by atoms with Crippen LogP contribution in [0.1, 0.15) is 21.0 Å². The maximum absolute atomic E-state index is 12.4. The summed E-state index contributed by atoms with van der Waals surface area (Å²) in [5, 5.41) is 3.10. The van der Waals surface area contributed by atoms with Gasteiger partial charge in [-0.15, -0.1) is 9.05 Å². The fourth-order valence-electron chi connectivity index (χ4n) is 3.08. The molecule has 0 unspecified atom stereocenters. The number of ketones is 2. The maximum atomic E-state index is 12.4. The van der Waals surface area contributed by atoms with Crippen LogP contribution in [0.15, 0.2) is 73.1 Å². The van der Waals surface area contributed by atoms with E-state index in [-0.39, 0.29) is 11.4 Å². The van der Waals surface area contributed by atoms with E-state index >= 15 is 0 Å². The summed E-state index contributed by atoms with van der Waals surface area (Å²) in [6.07, 6.45) is 3.06. The van der Waals surface area contributed by atoms with Gasteiger partial charge >= 0.3 is 8.25 Å². The van der Waals surface area contributed by atoms with Crippen LogP contribution in [0.25, 0.3) is 21.5 Å². The standard InChI is InChI=1S/C22H16N2O5P/c25-19(21-17-7-3-1-5-15(17)9-11-23-21)13-28-30(27)29-14-20(26)22-18-8-4-2-6-16(18)10-12-24-22/h1-12H,13-14H2/q+1. The zero-order chi connectivity index (χ0) is 20.9. The highest BCUT2D eigenvalue weighted by Crippen LogP contribution is 2.26. The molecule has 0 bridgehead atoms. The Balaban J connectivity index is 1.36. The van der Waals surface area contributed by atoms with Gasteiger partial charge in [0.1, 0.15) is 11.4 Å². The van der Waals surface area contributed by atoms with Gasteiger partial charge in [-0.2, -0.15) is 0 Å². The highest BCUT2D eigenvalue weighted by molar-refractivity contribution is 7.33. The van der Waals surface area contributed by atoms with Crippen molar-refractivity contribution in [1.82, 2.24) is 9.97 Å². The lowest BCUT2D eigenvalue weighted by molar-refractivity contribution is 0.0874. The van der Waals surface area contributed by atoms with E-state index < -0.39 is 33.0 Å². The molecule has 0 fully saturated rings. The summed E-state index contributed by atoms with van der Waals surface area (Å²) in [4.78, 5) is 33.0. The van der Waals surface area contributed by atoms with Gasteiger partial charge in [-0.05, 0) is 22.9 Å². The smallest absolute Gasteiger partial charge is 0.290 e. The van der Waals surface area contributed by atoms with Crippen LogP contribution in [-0.2, 0) is 13.6 Å². The average molecular weight is 419 g/mol. The quantitative estimate of drug-likeness (QED) is 0.306. The number of benzene rings is 2. The first-order valence-electron chi connectivity index (χ1n) is 9.10. The molecule has 8 heteroatoms. The second-order valence-corrected chi connectivity index (χ2v) is 7.34. The summed E-state index contributed by atoms with van der Waals surface area (Å²) in [7, 11) is -2.66. The van der Waals surface area contributed by atoms with Crippen molar-refractivity contribution in [3.05, 3.63) is 84.4 Å².